The van der Waals surface area contributed by atoms with Crippen molar-refractivity contribution in [1.29, 1.82) is 0 Å². The summed E-state index contributed by atoms with van der Waals surface area (Å²) >= 11 is 0. The van der Waals surface area contributed by atoms with Crippen LogP contribution in [0.2, 0.25) is 0 Å². The third kappa shape index (κ3) is 2.53. The highest BCUT2D eigenvalue weighted by molar-refractivity contribution is 7.89. The Bertz CT molecular complexity index is 680. The Balaban J connectivity index is 1.80. The topological polar surface area (TPSA) is 84.2 Å². The van der Waals surface area contributed by atoms with Crippen LogP contribution in [0.1, 0.15) is 16.9 Å². The molecule has 1 aromatic carbocycles. The minimum Gasteiger partial charge on any atom is -0.360 e. The van der Waals surface area contributed by atoms with E-state index in [0.29, 0.717) is 12.3 Å². The van der Waals surface area contributed by atoms with Gasteiger partial charge in [0.1, 0.15) is 0 Å². The molecule has 0 fully saturated rings. The molecule has 0 radical (unpaired) electrons. The van der Waals surface area contributed by atoms with Crippen LogP contribution in [0.25, 0.3) is 0 Å². The molecule has 6 nitrogen and oxygen atoms in total. The van der Waals surface area contributed by atoms with E-state index in [9.17, 15) is 8.42 Å². The lowest BCUT2D eigenvalue weighted by molar-refractivity contribution is 0.380. The molecule has 0 saturated heterocycles. The van der Waals surface area contributed by atoms with E-state index in [2.05, 4.69) is 15.2 Å². The first-order valence-electron chi connectivity index (χ1n) is 5.87. The minimum atomic E-state index is -3.52. The van der Waals surface area contributed by atoms with Crippen molar-refractivity contribution in [1.82, 2.24) is 15.2 Å². The van der Waals surface area contributed by atoms with E-state index in [0.717, 1.165) is 17.7 Å². The summed E-state index contributed by atoms with van der Waals surface area (Å²) in [6.07, 6.45) is 1.48. The van der Waals surface area contributed by atoms with Crippen molar-refractivity contribution in [3.05, 3.63) is 47.3 Å². The average Bonchev–Trinajstić information content (AvgIpc) is 3.06. The molecule has 7 heteroatoms. The lowest BCUT2D eigenvalue weighted by atomic mass is 10.1. The number of hydrogen-bond acceptors (Lipinski definition) is 5. The number of fused-ring (bicyclic) bond motifs is 1. The first kappa shape index (κ1) is 12.3. The molecule has 2 heterocycles. The van der Waals surface area contributed by atoms with E-state index in [1.54, 1.807) is 18.2 Å². The number of hydrogen-bond donors (Lipinski definition) is 2. The Morgan fingerprint density at radius 3 is 2.89 bits per heavy atom. The van der Waals surface area contributed by atoms with Crippen molar-refractivity contribution in [2.24, 2.45) is 0 Å². The number of aromatic nitrogens is 1. The molecule has 19 heavy (non-hydrogen) atoms. The molecule has 2 N–H and O–H groups in total. The van der Waals surface area contributed by atoms with Gasteiger partial charge in [0.15, 0.2) is 5.76 Å². The van der Waals surface area contributed by atoms with Crippen molar-refractivity contribution >= 4 is 10.0 Å². The number of rotatable bonds is 4. The fraction of sp³-hybridized carbons (Fsp3) is 0.250. The van der Waals surface area contributed by atoms with Gasteiger partial charge in [-0.1, -0.05) is 11.2 Å². The fourth-order valence-electron chi connectivity index (χ4n) is 2.02. The number of nitrogens with zero attached hydrogens (tertiary/aromatic N) is 1. The largest absolute Gasteiger partial charge is 0.360 e. The van der Waals surface area contributed by atoms with E-state index in [1.807, 2.05) is 6.07 Å². The van der Waals surface area contributed by atoms with Gasteiger partial charge in [0.25, 0.3) is 0 Å². The molecule has 100 valence electrons. The van der Waals surface area contributed by atoms with Gasteiger partial charge in [-0.2, -0.15) is 0 Å². The van der Waals surface area contributed by atoms with Gasteiger partial charge >= 0.3 is 0 Å². The molecule has 0 aliphatic carbocycles. The van der Waals surface area contributed by atoms with Gasteiger partial charge in [-0.15, -0.1) is 0 Å². The maximum Gasteiger partial charge on any atom is 0.240 e. The van der Waals surface area contributed by atoms with Crippen molar-refractivity contribution < 1.29 is 12.9 Å². The van der Waals surface area contributed by atoms with Crippen LogP contribution < -0.4 is 10.0 Å². The second kappa shape index (κ2) is 4.76. The van der Waals surface area contributed by atoms with Crippen molar-refractivity contribution in [3.8, 4) is 0 Å². The van der Waals surface area contributed by atoms with Gasteiger partial charge in [0.05, 0.1) is 17.6 Å². The molecular formula is C12H13N3O3S. The standard InChI is InChI=1S/C12H13N3O3S/c16-19(17,15-8-11-3-4-14-18-11)12-2-1-9-6-13-7-10(9)5-12/h1-5,13,15H,6-8H2. The van der Waals surface area contributed by atoms with Gasteiger partial charge in [0.2, 0.25) is 10.0 Å². The normalized spacial score (nSPS) is 14.5. The maximum atomic E-state index is 12.1. The Hall–Kier alpha value is -1.70. The molecule has 3 rings (SSSR count). The fourth-order valence-corrected chi connectivity index (χ4v) is 3.06. The highest BCUT2D eigenvalue weighted by atomic mass is 32.2. The summed E-state index contributed by atoms with van der Waals surface area (Å²) < 4.78 is 31.6. The molecule has 1 aliphatic heterocycles. The summed E-state index contributed by atoms with van der Waals surface area (Å²) in [5.41, 5.74) is 2.18. The summed E-state index contributed by atoms with van der Waals surface area (Å²) in [5.74, 6) is 0.478. The Morgan fingerprint density at radius 2 is 2.11 bits per heavy atom. The van der Waals surface area contributed by atoms with E-state index < -0.39 is 10.0 Å². The first-order chi connectivity index (χ1) is 9.15. The van der Waals surface area contributed by atoms with Crippen LogP contribution in [0, 0.1) is 0 Å². The second-order valence-electron chi connectivity index (χ2n) is 4.34. The summed E-state index contributed by atoms with van der Waals surface area (Å²) in [6.45, 7) is 1.60. The second-order valence-corrected chi connectivity index (χ2v) is 6.10. The quantitative estimate of drug-likeness (QED) is 0.863. The Kier molecular flexibility index (Phi) is 3.09. The third-order valence-electron chi connectivity index (χ3n) is 3.05. The number of nitrogens with one attached hydrogen (secondary N) is 2. The van der Waals surface area contributed by atoms with Gasteiger partial charge < -0.3 is 9.84 Å². The summed E-state index contributed by atoms with van der Waals surface area (Å²) in [4.78, 5) is 0.273. The lowest BCUT2D eigenvalue weighted by Gasteiger charge is -2.06. The van der Waals surface area contributed by atoms with Crippen LogP contribution in [0.4, 0.5) is 0 Å². The van der Waals surface area contributed by atoms with E-state index in [4.69, 9.17) is 4.52 Å². The predicted molar refractivity (Wildman–Crippen MR) is 67.5 cm³/mol. The zero-order valence-corrected chi connectivity index (χ0v) is 10.9. The van der Waals surface area contributed by atoms with Crippen LogP contribution in [-0.4, -0.2) is 13.6 Å². The maximum absolute atomic E-state index is 12.1. The third-order valence-corrected chi connectivity index (χ3v) is 4.45. The van der Waals surface area contributed by atoms with E-state index in [-0.39, 0.29) is 11.4 Å². The molecule has 0 unspecified atom stereocenters. The molecule has 2 aromatic rings. The van der Waals surface area contributed by atoms with Gasteiger partial charge in [-0.3, -0.25) is 0 Å². The summed E-state index contributed by atoms with van der Waals surface area (Å²) in [7, 11) is -3.52. The molecule has 1 aromatic heterocycles. The Labute approximate surface area is 110 Å². The molecule has 0 bridgehead atoms. The number of benzene rings is 1. The molecule has 0 atom stereocenters. The van der Waals surface area contributed by atoms with Crippen LogP contribution in [0.3, 0.4) is 0 Å². The summed E-state index contributed by atoms with van der Waals surface area (Å²) in [5, 5.41) is 6.71. The molecule has 0 amide bonds. The zero-order chi connectivity index (χ0) is 13.3. The predicted octanol–water partition coefficient (Wildman–Crippen LogP) is 0.756. The highest BCUT2D eigenvalue weighted by Gasteiger charge is 2.18. The van der Waals surface area contributed by atoms with Crippen LogP contribution in [0.15, 0.2) is 39.9 Å². The average molecular weight is 279 g/mol. The summed E-state index contributed by atoms with van der Waals surface area (Å²) in [6, 6.07) is 6.79. The monoisotopic (exact) mass is 279 g/mol. The first-order valence-corrected chi connectivity index (χ1v) is 7.35. The van der Waals surface area contributed by atoms with E-state index >= 15 is 0 Å². The van der Waals surface area contributed by atoms with Crippen molar-refractivity contribution in [2.45, 2.75) is 24.5 Å². The lowest BCUT2D eigenvalue weighted by Crippen LogP contribution is -2.23. The van der Waals surface area contributed by atoms with Crippen molar-refractivity contribution in [2.75, 3.05) is 0 Å². The van der Waals surface area contributed by atoms with E-state index in [1.165, 1.54) is 6.20 Å². The highest BCUT2D eigenvalue weighted by Crippen LogP contribution is 2.20. The van der Waals surface area contributed by atoms with Crippen LogP contribution >= 0.6 is 0 Å². The Morgan fingerprint density at radius 1 is 1.26 bits per heavy atom. The zero-order valence-electron chi connectivity index (χ0n) is 10.1. The minimum absolute atomic E-state index is 0.0949. The van der Waals surface area contributed by atoms with Crippen LogP contribution in [0.5, 0.6) is 0 Å². The molecule has 0 spiro atoms. The van der Waals surface area contributed by atoms with Gasteiger partial charge in [0, 0.05) is 19.2 Å². The molecule has 1 aliphatic rings. The van der Waals surface area contributed by atoms with Gasteiger partial charge in [-0.05, 0) is 23.3 Å². The molecule has 0 saturated carbocycles. The number of sulfonamides is 1. The van der Waals surface area contributed by atoms with Crippen LogP contribution in [-0.2, 0) is 29.7 Å². The van der Waals surface area contributed by atoms with Gasteiger partial charge in [-0.25, -0.2) is 13.1 Å². The molecular weight excluding hydrogens is 266 g/mol. The SMILES string of the molecule is O=S(=O)(NCc1ccno1)c1ccc2c(c1)CNC2. The van der Waals surface area contributed by atoms with Crippen molar-refractivity contribution in [3.63, 3.8) is 0 Å². The smallest absolute Gasteiger partial charge is 0.240 e.